The van der Waals surface area contributed by atoms with Crippen LogP contribution in [-0.2, 0) is 0 Å². The van der Waals surface area contributed by atoms with Gasteiger partial charge < -0.3 is 10.1 Å². The number of aromatic nitrogens is 1. The zero-order valence-electron chi connectivity index (χ0n) is 15.4. The molecular formula is C22H16N2O3S2. The van der Waals surface area contributed by atoms with Gasteiger partial charge in [-0.1, -0.05) is 24.3 Å². The summed E-state index contributed by atoms with van der Waals surface area (Å²) in [7, 11) is 0. The average Bonchev–Trinajstić information content (AvgIpc) is 3.42. The minimum Gasteiger partial charge on any atom is -0.422 e. The summed E-state index contributed by atoms with van der Waals surface area (Å²) < 4.78 is 5.41. The number of thiophene rings is 1. The number of rotatable bonds is 5. The van der Waals surface area contributed by atoms with E-state index >= 15 is 0 Å². The largest absolute Gasteiger partial charge is 0.422 e. The molecule has 0 aliphatic heterocycles. The molecule has 0 fully saturated rings. The summed E-state index contributed by atoms with van der Waals surface area (Å²) in [5, 5.41) is 8.90. The first kappa shape index (κ1) is 19.0. The van der Waals surface area contributed by atoms with Gasteiger partial charge in [-0.2, -0.15) is 11.3 Å². The first-order valence-electron chi connectivity index (χ1n) is 8.77. The average molecular weight is 421 g/mol. The summed E-state index contributed by atoms with van der Waals surface area (Å²) >= 11 is 2.87. The SMILES string of the molecule is Cc1ccccc1-c1nc(C(=O)Oc2ccc(NC(=O)c3ccsc3)cc2)cs1. The molecule has 0 bridgehead atoms. The van der Waals surface area contributed by atoms with E-state index in [1.54, 1.807) is 41.1 Å². The first-order chi connectivity index (χ1) is 14.1. The highest BCUT2D eigenvalue weighted by Gasteiger charge is 2.15. The maximum Gasteiger partial charge on any atom is 0.363 e. The van der Waals surface area contributed by atoms with Crippen molar-refractivity contribution in [2.24, 2.45) is 0 Å². The second kappa shape index (κ2) is 8.38. The summed E-state index contributed by atoms with van der Waals surface area (Å²) in [6, 6.07) is 16.3. The van der Waals surface area contributed by atoms with E-state index in [2.05, 4.69) is 10.3 Å². The molecule has 0 radical (unpaired) electrons. The van der Waals surface area contributed by atoms with Crippen molar-refractivity contribution in [1.82, 2.24) is 4.98 Å². The van der Waals surface area contributed by atoms with Crippen LogP contribution >= 0.6 is 22.7 Å². The van der Waals surface area contributed by atoms with Crippen molar-refractivity contribution in [3.63, 3.8) is 0 Å². The maximum absolute atomic E-state index is 12.4. The fraction of sp³-hybridized carbons (Fsp3) is 0.0455. The number of carbonyl (C=O) groups excluding carboxylic acids is 2. The van der Waals surface area contributed by atoms with Crippen LogP contribution in [0.1, 0.15) is 26.4 Å². The predicted octanol–water partition coefficient (Wildman–Crippen LogP) is 5.65. The van der Waals surface area contributed by atoms with E-state index in [0.717, 1.165) is 16.1 Å². The summed E-state index contributed by atoms with van der Waals surface area (Å²) in [6.45, 7) is 2.01. The van der Waals surface area contributed by atoms with Crippen LogP contribution in [0.2, 0.25) is 0 Å². The molecule has 144 valence electrons. The number of anilines is 1. The monoisotopic (exact) mass is 420 g/mol. The zero-order valence-corrected chi connectivity index (χ0v) is 17.0. The van der Waals surface area contributed by atoms with Crippen molar-refractivity contribution in [1.29, 1.82) is 0 Å². The lowest BCUT2D eigenvalue weighted by Gasteiger charge is -2.06. The number of nitrogens with zero attached hydrogens (tertiary/aromatic N) is 1. The Hall–Kier alpha value is -3.29. The number of ether oxygens (including phenoxy) is 1. The number of hydrogen-bond donors (Lipinski definition) is 1. The summed E-state index contributed by atoms with van der Waals surface area (Å²) in [6.07, 6.45) is 0. The van der Waals surface area contributed by atoms with E-state index in [9.17, 15) is 9.59 Å². The van der Waals surface area contributed by atoms with Crippen LogP contribution in [0.4, 0.5) is 5.69 Å². The van der Waals surface area contributed by atoms with E-state index in [4.69, 9.17) is 4.74 Å². The third-order valence-corrected chi connectivity index (χ3v) is 5.75. The van der Waals surface area contributed by atoms with E-state index in [0.29, 0.717) is 17.0 Å². The number of aryl methyl sites for hydroxylation is 1. The number of amides is 1. The Kier molecular flexibility index (Phi) is 5.50. The summed E-state index contributed by atoms with van der Waals surface area (Å²) in [5.74, 6) is -0.313. The Morgan fingerprint density at radius 3 is 2.52 bits per heavy atom. The Labute approximate surface area is 175 Å². The molecule has 2 aromatic heterocycles. The lowest BCUT2D eigenvalue weighted by Crippen LogP contribution is -2.11. The van der Waals surface area contributed by atoms with E-state index in [1.807, 2.05) is 36.6 Å². The zero-order chi connectivity index (χ0) is 20.2. The van der Waals surface area contributed by atoms with Crippen LogP contribution in [0, 0.1) is 6.92 Å². The van der Waals surface area contributed by atoms with Crippen molar-refractivity contribution in [3.8, 4) is 16.3 Å². The van der Waals surface area contributed by atoms with Gasteiger partial charge in [-0.15, -0.1) is 11.3 Å². The van der Waals surface area contributed by atoms with Crippen LogP contribution in [0.25, 0.3) is 10.6 Å². The molecule has 5 nitrogen and oxygen atoms in total. The molecule has 2 aromatic carbocycles. The van der Waals surface area contributed by atoms with Gasteiger partial charge in [0, 0.05) is 22.0 Å². The Morgan fingerprint density at radius 2 is 1.79 bits per heavy atom. The summed E-state index contributed by atoms with van der Waals surface area (Å²) in [4.78, 5) is 28.9. The van der Waals surface area contributed by atoms with Crippen LogP contribution in [0.3, 0.4) is 0 Å². The fourth-order valence-corrected chi connectivity index (χ4v) is 4.18. The molecule has 0 aliphatic rings. The summed E-state index contributed by atoms with van der Waals surface area (Å²) in [5.41, 5.74) is 3.60. The molecule has 0 aliphatic carbocycles. The van der Waals surface area contributed by atoms with Gasteiger partial charge in [-0.3, -0.25) is 4.79 Å². The third-order valence-electron chi connectivity index (χ3n) is 4.19. The van der Waals surface area contributed by atoms with E-state index < -0.39 is 5.97 Å². The second-order valence-corrected chi connectivity index (χ2v) is 7.87. The lowest BCUT2D eigenvalue weighted by atomic mass is 10.1. The van der Waals surface area contributed by atoms with Gasteiger partial charge in [0.2, 0.25) is 0 Å². The molecule has 0 saturated heterocycles. The standard InChI is InChI=1S/C22H16N2O3S2/c1-14-4-2-3-5-18(14)21-24-19(13-29-21)22(26)27-17-8-6-16(7-9-17)23-20(25)15-10-11-28-12-15/h2-13H,1H3,(H,23,25). The van der Waals surface area contributed by atoms with Gasteiger partial charge >= 0.3 is 5.97 Å². The second-order valence-electron chi connectivity index (χ2n) is 6.23. The molecule has 0 atom stereocenters. The quantitative estimate of drug-likeness (QED) is 0.335. The van der Waals surface area contributed by atoms with Crippen molar-refractivity contribution >= 4 is 40.2 Å². The highest BCUT2D eigenvalue weighted by Crippen LogP contribution is 2.27. The molecule has 7 heteroatoms. The number of thiazole rings is 1. The van der Waals surface area contributed by atoms with Crippen molar-refractivity contribution in [3.05, 3.63) is 87.6 Å². The molecule has 0 spiro atoms. The minimum absolute atomic E-state index is 0.179. The fourth-order valence-electron chi connectivity index (χ4n) is 2.67. The molecular weight excluding hydrogens is 404 g/mol. The van der Waals surface area contributed by atoms with Gasteiger partial charge in [-0.25, -0.2) is 9.78 Å². The molecule has 29 heavy (non-hydrogen) atoms. The van der Waals surface area contributed by atoms with Crippen LogP contribution in [-0.4, -0.2) is 16.9 Å². The minimum atomic E-state index is -0.517. The van der Waals surface area contributed by atoms with Gasteiger partial charge in [0.1, 0.15) is 10.8 Å². The molecule has 1 amide bonds. The Bertz CT molecular complexity index is 1150. The van der Waals surface area contributed by atoms with Crippen molar-refractivity contribution in [2.45, 2.75) is 6.92 Å². The van der Waals surface area contributed by atoms with Crippen LogP contribution in [0.15, 0.2) is 70.7 Å². The van der Waals surface area contributed by atoms with Crippen molar-refractivity contribution in [2.75, 3.05) is 5.32 Å². The van der Waals surface area contributed by atoms with Gasteiger partial charge in [0.25, 0.3) is 5.91 Å². The maximum atomic E-state index is 12.4. The molecule has 0 unspecified atom stereocenters. The molecule has 0 saturated carbocycles. The topological polar surface area (TPSA) is 68.3 Å². The van der Waals surface area contributed by atoms with E-state index in [-0.39, 0.29) is 11.6 Å². The van der Waals surface area contributed by atoms with E-state index in [1.165, 1.54) is 22.7 Å². The third kappa shape index (κ3) is 4.42. The smallest absolute Gasteiger partial charge is 0.363 e. The van der Waals surface area contributed by atoms with Gasteiger partial charge in [0.15, 0.2) is 5.69 Å². The lowest BCUT2D eigenvalue weighted by molar-refractivity contribution is 0.0729. The molecule has 1 N–H and O–H groups in total. The van der Waals surface area contributed by atoms with Crippen LogP contribution in [0.5, 0.6) is 5.75 Å². The number of carbonyl (C=O) groups is 2. The molecule has 4 aromatic rings. The highest BCUT2D eigenvalue weighted by molar-refractivity contribution is 7.13. The van der Waals surface area contributed by atoms with Gasteiger partial charge in [-0.05, 0) is 48.2 Å². The van der Waals surface area contributed by atoms with Crippen LogP contribution < -0.4 is 10.1 Å². The van der Waals surface area contributed by atoms with Gasteiger partial charge in [0.05, 0.1) is 5.56 Å². The normalized spacial score (nSPS) is 10.5. The molecule has 4 rings (SSSR count). The Morgan fingerprint density at radius 1 is 1.00 bits per heavy atom. The highest BCUT2D eigenvalue weighted by atomic mass is 32.1. The molecule has 2 heterocycles. The number of benzene rings is 2. The number of hydrogen-bond acceptors (Lipinski definition) is 6. The predicted molar refractivity (Wildman–Crippen MR) is 116 cm³/mol. The van der Waals surface area contributed by atoms with Crippen molar-refractivity contribution < 1.29 is 14.3 Å². The number of nitrogens with one attached hydrogen (secondary N) is 1. The Balaban J connectivity index is 1.41. The first-order valence-corrected chi connectivity index (χ1v) is 10.6. The number of esters is 1.